The van der Waals surface area contributed by atoms with Crippen LogP contribution in [-0.4, -0.2) is 25.3 Å². The quantitative estimate of drug-likeness (QED) is 0.622. The van der Waals surface area contributed by atoms with Gasteiger partial charge in [0, 0.05) is 12.5 Å². The molecule has 0 bridgehead atoms. The number of hydrogen-bond acceptors (Lipinski definition) is 5. The molecule has 0 spiro atoms. The van der Waals surface area contributed by atoms with Crippen molar-refractivity contribution in [3.8, 4) is 11.5 Å². The van der Waals surface area contributed by atoms with Crippen molar-refractivity contribution in [3.05, 3.63) is 35.6 Å². The van der Waals surface area contributed by atoms with Crippen molar-refractivity contribution in [1.82, 2.24) is 5.16 Å². The normalized spacial score (nSPS) is 11.8. The maximum absolute atomic E-state index is 12.6. The van der Waals surface area contributed by atoms with Crippen LogP contribution in [0.5, 0.6) is 11.5 Å². The molecule has 0 aliphatic carbocycles. The molecule has 1 heterocycles. The fourth-order valence-corrected chi connectivity index (χ4v) is 2.74. The van der Waals surface area contributed by atoms with Gasteiger partial charge >= 0.3 is 0 Å². The minimum atomic E-state index is -0.351. The number of unbranched alkanes of at least 4 members (excludes halogenated alkanes) is 1. The van der Waals surface area contributed by atoms with Crippen LogP contribution in [0.4, 0.5) is 5.82 Å². The van der Waals surface area contributed by atoms with E-state index >= 15 is 0 Å². The number of aromatic nitrogens is 1. The maximum atomic E-state index is 12.6. The highest BCUT2D eigenvalue weighted by Gasteiger charge is 2.19. The lowest BCUT2D eigenvalue weighted by molar-refractivity contribution is 0.102. The smallest absolute Gasteiger partial charge is 0.264 e. The summed E-state index contributed by atoms with van der Waals surface area (Å²) in [6, 6.07) is 6.96. The number of nitrogens with one attached hydrogen (secondary N) is 1. The Labute approximate surface area is 154 Å². The first-order valence-corrected chi connectivity index (χ1v) is 9.07. The lowest BCUT2D eigenvalue weighted by Gasteiger charge is -2.11. The number of carbonyl (C=O) groups is 1. The second kappa shape index (κ2) is 9.85. The summed E-state index contributed by atoms with van der Waals surface area (Å²) in [6.45, 7) is 4.49. The van der Waals surface area contributed by atoms with Gasteiger partial charge < -0.3 is 19.3 Å². The van der Waals surface area contributed by atoms with E-state index in [-0.39, 0.29) is 5.91 Å². The standard InChI is InChI=1S/C20H28N2O4/c1-5-14(2)9-6-7-10-15-13-18(22-26-15)21-20(23)19-16(24-3)11-8-12-17(19)25-4/h8,11-14H,5-7,9-10H2,1-4H3,(H,21,22,23). The Kier molecular flexibility index (Phi) is 7.51. The van der Waals surface area contributed by atoms with Gasteiger partial charge in [-0.1, -0.05) is 44.3 Å². The van der Waals surface area contributed by atoms with Crippen LogP contribution >= 0.6 is 0 Å². The lowest BCUT2D eigenvalue weighted by Crippen LogP contribution is -2.14. The van der Waals surface area contributed by atoms with Crippen LogP contribution < -0.4 is 14.8 Å². The molecule has 0 fully saturated rings. The van der Waals surface area contributed by atoms with E-state index < -0.39 is 0 Å². The number of hydrogen-bond donors (Lipinski definition) is 1. The molecule has 2 rings (SSSR count). The number of rotatable bonds is 10. The summed E-state index contributed by atoms with van der Waals surface area (Å²) in [5, 5.41) is 6.68. The van der Waals surface area contributed by atoms with E-state index in [1.165, 1.54) is 27.1 Å². The van der Waals surface area contributed by atoms with Gasteiger partial charge in [-0.05, 0) is 24.5 Å². The molecule has 0 radical (unpaired) electrons. The van der Waals surface area contributed by atoms with E-state index in [0.717, 1.165) is 30.9 Å². The SMILES string of the molecule is CCC(C)CCCCc1cc(NC(=O)c2c(OC)cccc2OC)no1. The van der Waals surface area contributed by atoms with E-state index in [0.29, 0.717) is 22.9 Å². The van der Waals surface area contributed by atoms with Gasteiger partial charge in [0.25, 0.3) is 5.91 Å². The van der Waals surface area contributed by atoms with Crippen LogP contribution in [-0.2, 0) is 6.42 Å². The number of benzene rings is 1. The van der Waals surface area contributed by atoms with Crippen molar-refractivity contribution < 1.29 is 18.8 Å². The van der Waals surface area contributed by atoms with Gasteiger partial charge in [-0.25, -0.2) is 0 Å². The van der Waals surface area contributed by atoms with Gasteiger partial charge in [0.2, 0.25) is 0 Å². The molecule has 6 heteroatoms. The molecule has 1 unspecified atom stereocenters. The van der Waals surface area contributed by atoms with Gasteiger partial charge in [0.1, 0.15) is 22.8 Å². The average Bonchev–Trinajstić information content (AvgIpc) is 3.11. The first kappa shape index (κ1) is 19.8. The van der Waals surface area contributed by atoms with E-state index in [2.05, 4.69) is 24.3 Å². The minimum absolute atomic E-state index is 0.329. The van der Waals surface area contributed by atoms with Crippen molar-refractivity contribution in [2.24, 2.45) is 5.92 Å². The molecule has 0 saturated carbocycles. The van der Waals surface area contributed by atoms with Crippen molar-refractivity contribution in [2.45, 2.75) is 46.0 Å². The number of amides is 1. The Balaban J connectivity index is 1.96. The Hall–Kier alpha value is -2.50. The molecule has 1 aromatic heterocycles. The Bertz CT molecular complexity index is 689. The van der Waals surface area contributed by atoms with Crippen molar-refractivity contribution >= 4 is 11.7 Å². The molecule has 2 aromatic rings. The fraction of sp³-hybridized carbons (Fsp3) is 0.500. The summed E-state index contributed by atoms with van der Waals surface area (Å²) in [4.78, 5) is 12.6. The molecule has 142 valence electrons. The van der Waals surface area contributed by atoms with Gasteiger partial charge in [-0.3, -0.25) is 4.79 Å². The van der Waals surface area contributed by atoms with Gasteiger partial charge in [-0.15, -0.1) is 0 Å². The maximum Gasteiger partial charge on any atom is 0.264 e. The molecule has 0 saturated heterocycles. The number of anilines is 1. The van der Waals surface area contributed by atoms with Crippen molar-refractivity contribution in [3.63, 3.8) is 0 Å². The highest BCUT2D eigenvalue weighted by Crippen LogP contribution is 2.29. The zero-order valence-electron chi connectivity index (χ0n) is 16.0. The van der Waals surface area contributed by atoms with E-state index in [1.54, 1.807) is 24.3 Å². The highest BCUT2D eigenvalue weighted by molar-refractivity contribution is 6.07. The Morgan fingerprint density at radius 1 is 1.23 bits per heavy atom. The van der Waals surface area contributed by atoms with Crippen molar-refractivity contribution in [1.29, 1.82) is 0 Å². The van der Waals surface area contributed by atoms with Crippen LogP contribution in [0.3, 0.4) is 0 Å². The van der Waals surface area contributed by atoms with Crippen LogP contribution in [0.25, 0.3) is 0 Å². The van der Waals surface area contributed by atoms with Gasteiger partial charge in [0.15, 0.2) is 5.82 Å². The minimum Gasteiger partial charge on any atom is -0.496 e. The lowest BCUT2D eigenvalue weighted by atomic mass is 10.0. The predicted molar refractivity (Wildman–Crippen MR) is 101 cm³/mol. The summed E-state index contributed by atoms with van der Waals surface area (Å²) < 4.78 is 15.8. The summed E-state index contributed by atoms with van der Waals surface area (Å²) in [5.41, 5.74) is 0.329. The molecule has 1 amide bonds. The third-order valence-corrected chi connectivity index (χ3v) is 4.52. The fourth-order valence-electron chi connectivity index (χ4n) is 2.74. The van der Waals surface area contributed by atoms with E-state index in [9.17, 15) is 4.79 Å². The third-order valence-electron chi connectivity index (χ3n) is 4.52. The topological polar surface area (TPSA) is 73.6 Å². The first-order chi connectivity index (χ1) is 12.6. The molecular weight excluding hydrogens is 332 g/mol. The number of aryl methyl sites for hydroxylation is 1. The van der Waals surface area contributed by atoms with Crippen molar-refractivity contribution in [2.75, 3.05) is 19.5 Å². The summed E-state index contributed by atoms with van der Waals surface area (Å²) in [7, 11) is 3.03. The molecule has 6 nitrogen and oxygen atoms in total. The highest BCUT2D eigenvalue weighted by atomic mass is 16.5. The van der Waals surface area contributed by atoms with E-state index in [1.807, 2.05) is 0 Å². The van der Waals surface area contributed by atoms with Gasteiger partial charge in [0.05, 0.1) is 14.2 Å². The molecular formula is C20H28N2O4. The average molecular weight is 360 g/mol. The number of carbonyl (C=O) groups excluding carboxylic acids is 1. The Morgan fingerprint density at radius 2 is 1.92 bits per heavy atom. The zero-order valence-corrected chi connectivity index (χ0v) is 16.0. The van der Waals surface area contributed by atoms with E-state index in [4.69, 9.17) is 14.0 Å². The second-order valence-corrected chi connectivity index (χ2v) is 6.43. The van der Waals surface area contributed by atoms with Gasteiger partial charge in [-0.2, -0.15) is 0 Å². The number of methoxy groups -OCH3 is 2. The first-order valence-electron chi connectivity index (χ1n) is 9.07. The zero-order chi connectivity index (χ0) is 18.9. The number of nitrogens with zero attached hydrogens (tertiary/aromatic N) is 1. The molecule has 0 aliphatic rings. The summed E-state index contributed by atoms with van der Waals surface area (Å²) in [5.74, 6) is 2.45. The number of ether oxygens (including phenoxy) is 2. The second-order valence-electron chi connectivity index (χ2n) is 6.43. The summed E-state index contributed by atoms with van der Waals surface area (Å²) >= 11 is 0. The molecule has 1 N–H and O–H groups in total. The van der Waals surface area contributed by atoms with Crippen LogP contribution in [0.15, 0.2) is 28.8 Å². The largest absolute Gasteiger partial charge is 0.496 e. The van der Waals surface area contributed by atoms with Crippen LogP contribution in [0.2, 0.25) is 0 Å². The predicted octanol–water partition coefficient (Wildman–Crippen LogP) is 4.70. The molecule has 26 heavy (non-hydrogen) atoms. The molecule has 1 atom stereocenters. The third kappa shape index (κ3) is 5.25. The van der Waals surface area contributed by atoms with Crippen LogP contribution in [0.1, 0.15) is 55.6 Å². The van der Waals surface area contributed by atoms with Crippen LogP contribution in [0, 0.1) is 5.92 Å². The Morgan fingerprint density at radius 3 is 2.54 bits per heavy atom. The molecule has 1 aromatic carbocycles. The summed E-state index contributed by atoms with van der Waals surface area (Å²) in [6.07, 6.45) is 5.47. The molecule has 0 aliphatic heterocycles. The monoisotopic (exact) mass is 360 g/mol.